The monoisotopic (exact) mass is 298 g/mol. The fourth-order valence-electron chi connectivity index (χ4n) is 2.85. The number of phenolic OH excluding ortho intramolecular Hbond substituents is 1. The van der Waals surface area contributed by atoms with Gasteiger partial charge in [-0.2, -0.15) is 0 Å². The van der Waals surface area contributed by atoms with Crippen LogP contribution in [0.25, 0.3) is 0 Å². The molecule has 4 nitrogen and oxygen atoms in total. The molecule has 2 atom stereocenters. The maximum absolute atomic E-state index is 10.2. The Labute approximate surface area is 125 Å². The summed E-state index contributed by atoms with van der Waals surface area (Å²) in [6.07, 6.45) is 2.08. The predicted molar refractivity (Wildman–Crippen MR) is 81.3 cm³/mol. The normalized spacial score (nSPS) is 23.8. The van der Waals surface area contributed by atoms with Crippen molar-refractivity contribution in [2.45, 2.75) is 32.4 Å². The summed E-state index contributed by atoms with van der Waals surface area (Å²) < 4.78 is 5.14. The number of likely N-dealkylation sites (tertiary alicyclic amines) is 1. The Hall–Kier alpha value is -0.970. The quantitative estimate of drug-likeness (QED) is 0.897. The molecule has 20 heavy (non-hydrogen) atoms. The predicted octanol–water partition coefficient (Wildman–Crippen LogP) is 2.61. The summed E-state index contributed by atoms with van der Waals surface area (Å²) in [5.41, 5.74) is 6.93. The first kappa shape index (κ1) is 15.4. The Morgan fingerprint density at radius 2 is 2.25 bits per heavy atom. The van der Waals surface area contributed by atoms with Crippen molar-refractivity contribution >= 4 is 11.6 Å². The van der Waals surface area contributed by atoms with Gasteiger partial charge in [0.05, 0.1) is 7.11 Å². The molecule has 5 heteroatoms. The molecule has 2 unspecified atom stereocenters. The van der Waals surface area contributed by atoms with E-state index < -0.39 is 0 Å². The van der Waals surface area contributed by atoms with Gasteiger partial charge in [-0.25, -0.2) is 0 Å². The van der Waals surface area contributed by atoms with E-state index in [1.165, 1.54) is 7.11 Å². The first-order valence-electron chi connectivity index (χ1n) is 7.08. The Bertz CT molecular complexity index is 467. The third kappa shape index (κ3) is 3.37. The van der Waals surface area contributed by atoms with Crippen LogP contribution in [0.15, 0.2) is 12.1 Å². The number of rotatable bonds is 4. The van der Waals surface area contributed by atoms with E-state index in [4.69, 9.17) is 22.1 Å². The second-order valence-electron chi connectivity index (χ2n) is 5.47. The highest BCUT2D eigenvalue weighted by Crippen LogP contribution is 2.34. The van der Waals surface area contributed by atoms with E-state index in [0.717, 1.165) is 31.5 Å². The van der Waals surface area contributed by atoms with Crippen molar-refractivity contribution in [1.82, 2.24) is 4.90 Å². The van der Waals surface area contributed by atoms with E-state index in [-0.39, 0.29) is 5.75 Å². The van der Waals surface area contributed by atoms with E-state index >= 15 is 0 Å². The zero-order valence-electron chi connectivity index (χ0n) is 12.1. The molecule has 112 valence electrons. The average molecular weight is 299 g/mol. The van der Waals surface area contributed by atoms with Crippen LogP contribution in [0.2, 0.25) is 5.02 Å². The van der Waals surface area contributed by atoms with Crippen LogP contribution in [0.5, 0.6) is 11.5 Å². The topological polar surface area (TPSA) is 58.7 Å². The summed E-state index contributed by atoms with van der Waals surface area (Å²) in [6, 6.07) is 3.72. The van der Waals surface area contributed by atoms with Crippen molar-refractivity contribution in [2.24, 2.45) is 11.7 Å². The van der Waals surface area contributed by atoms with E-state index in [0.29, 0.717) is 29.3 Å². The second kappa shape index (κ2) is 6.66. The van der Waals surface area contributed by atoms with Gasteiger partial charge in [0, 0.05) is 35.8 Å². The number of hydrogen-bond donors (Lipinski definition) is 2. The molecule has 2 rings (SSSR count). The molecule has 1 fully saturated rings. The van der Waals surface area contributed by atoms with Gasteiger partial charge in [-0.1, -0.05) is 24.9 Å². The highest BCUT2D eigenvalue weighted by molar-refractivity contribution is 6.30. The molecule has 3 N–H and O–H groups in total. The molecule has 1 aliphatic rings. The van der Waals surface area contributed by atoms with Gasteiger partial charge >= 0.3 is 0 Å². The number of aromatic hydroxyl groups is 1. The number of nitrogens with zero attached hydrogens (tertiary/aromatic N) is 1. The number of piperidine rings is 1. The van der Waals surface area contributed by atoms with Gasteiger partial charge in [-0.3, -0.25) is 4.90 Å². The standard InChI is InChI=1S/C15H23ClN2O2/c1-3-10-8-18(5-4-13(10)17)9-11-6-12(16)7-14(20-2)15(11)19/h6-7,10,13,19H,3-5,8-9,17H2,1-2H3. The lowest BCUT2D eigenvalue weighted by Crippen LogP contribution is -2.46. The zero-order chi connectivity index (χ0) is 14.7. The minimum atomic E-state index is 0.180. The first-order chi connectivity index (χ1) is 9.55. The van der Waals surface area contributed by atoms with Crippen molar-refractivity contribution in [1.29, 1.82) is 0 Å². The maximum Gasteiger partial charge on any atom is 0.162 e. The molecule has 0 saturated carbocycles. The fraction of sp³-hybridized carbons (Fsp3) is 0.600. The molecule has 0 radical (unpaired) electrons. The zero-order valence-corrected chi connectivity index (χ0v) is 12.9. The molecule has 0 aliphatic carbocycles. The number of methoxy groups -OCH3 is 1. The lowest BCUT2D eigenvalue weighted by Gasteiger charge is -2.36. The Morgan fingerprint density at radius 1 is 1.50 bits per heavy atom. The minimum absolute atomic E-state index is 0.180. The molecule has 1 aliphatic heterocycles. The maximum atomic E-state index is 10.2. The Balaban J connectivity index is 2.12. The number of nitrogens with two attached hydrogens (primary N) is 1. The molecule has 0 bridgehead atoms. The summed E-state index contributed by atoms with van der Waals surface area (Å²) in [5.74, 6) is 1.13. The molecular formula is C15H23ClN2O2. The van der Waals surface area contributed by atoms with Crippen LogP contribution in [0, 0.1) is 5.92 Å². The second-order valence-corrected chi connectivity index (χ2v) is 5.91. The van der Waals surface area contributed by atoms with Crippen LogP contribution in [-0.2, 0) is 6.54 Å². The van der Waals surface area contributed by atoms with Gasteiger partial charge < -0.3 is 15.6 Å². The molecule has 1 saturated heterocycles. The van der Waals surface area contributed by atoms with Crippen molar-refractivity contribution < 1.29 is 9.84 Å². The summed E-state index contributed by atoms with van der Waals surface area (Å²) in [5, 5.41) is 10.8. The van der Waals surface area contributed by atoms with Crippen LogP contribution in [0.4, 0.5) is 0 Å². The Kier molecular flexibility index (Phi) is 5.13. The minimum Gasteiger partial charge on any atom is -0.504 e. The molecule has 1 aromatic rings. The first-order valence-corrected chi connectivity index (χ1v) is 7.46. The van der Waals surface area contributed by atoms with Crippen LogP contribution in [-0.4, -0.2) is 36.2 Å². The van der Waals surface area contributed by atoms with E-state index in [1.54, 1.807) is 12.1 Å². The third-order valence-corrected chi connectivity index (χ3v) is 4.35. The van der Waals surface area contributed by atoms with Crippen LogP contribution in [0.3, 0.4) is 0 Å². The number of benzene rings is 1. The highest BCUT2D eigenvalue weighted by atomic mass is 35.5. The largest absolute Gasteiger partial charge is 0.504 e. The number of ether oxygens (including phenoxy) is 1. The van der Waals surface area contributed by atoms with Gasteiger partial charge in [0.1, 0.15) is 0 Å². The molecule has 1 heterocycles. The summed E-state index contributed by atoms with van der Waals surface area (Å²) in [4.78, 5) is 2.32. The van der Waals surface area contributed by atoms with Gasteiger partial charge in [0.2, 0.25) is 0 Å². The summed E-state index contributed by atoms with van der Waals surface area (Å²) in [7, 11) is 1.53. The Morgan fingerprint density at radius 3 is 2.90 bits per heavy atom. The summed E-state index contributed by atoms with van der Waals surface area (Å²) >= 11 is 6.07. The van der Waals surface area contributed by atoms with Crippen LogP contribution >= 0.6 is 11.6 Å². The van der Waals surface area contributed by atoms with Crippen LogP contribution < -0.4 is 10.5 Å². The average Bonchev–Trinajstić information content (AvgIpc) is 2.44. The molecule has 0 aromatic heterocycles. The van der Waals surface area contributed by atoms with Crippen molar-refractivity contribution in [2.75, 3.05) is 20.2 Å². The molecule has 1 aromatic carbocycles. The van der Waals surface area contributed by atoms with Gasteiger partial charge in [-0.15, -0.1) is 0 Å². The van der Waals surface area contributed by atoms with Crippen molar-refractivity contribution in [3.63, 3.8) is 0 Å². The van der Waals surface area contributed by atoms with Gasteiger partial charge in [-0.05, 0) is 24.9 Å². The summed E-state index contributed by atoms with van der Waals surface area (Å²) in [6.45, 7) is 4.76. The van der Waals surface area contributed by atoms with E-state index in [9.17, 15) is 5.11 Å². The third-order valence-electron chi connectivity index (χ3n) is 4.13. The van der Waals surface area contributed by atoms with Crippen LogP contribution in [0.1, 0.15) is 25.3 Å². The number of hydrogen-bond acceptors (Lipinski definition) is 4. The molecule has 0 amide bonds. The van der Waals surface area contributed by atoms with E-state index in [1.807, 2.05) is 0 Å². The van der Waals surface area contributed by atoms with Crippen molar-refractivity contribution in [3.8, 4) is 11.5 Å². The van der Waals surface area contributed by atoms with E-state index in [2.05, 4.69) is 11.8 Å². The van der Waals surface area contributed by atoms with Gasteiger partial charge in [0.25, 0.3) is 0 Å². The van der Waals surface area contributed by atoms with Gasteiger partial charge in [0.15, 0.2) is 11.5 Å². The lowest BCUT2D eigenvalue weighted by molar-refractivity contribution is 0.144. The number of halogens is 1. The molecule has 0 spiro atoms. The molecular weight excluding hydrogens is 276 g/mol. The SMILES string of the molecule is CCC1CN(Cc2cc(Cl)cc(OC)c2O)CCC1N. The fourth-order valence-corrected chi connectivity index (χ4v) is 3.08. The smallest absolute Gasteiger partial charge is 0.162 e. The van der Waals surface area contributed by atoms with Crippen molar-refractivity contribution in [3.05, 3.63) is 22.7 Å². The lowest BCUT2D eigenvalue weighted by atomic mass is 9.90. The number of phenols is 1. The highest BCUT2D eigenvalue weighted by Gasteiger charge is 2.26.